The molecule has 17 heavy (non-hydrogen) atoms. The third kappa shape index (κ3) is 2.65. The first-order chi connectivity index (χ1) is 8.04. The van der Waals surface area contributed by atoms with Gasteiger partial charge in [0.15, 0.2) is 5.17 Å². The number of halogens is 2. The molecule has 1 aliphatic carbocycles. The number of benzene rings is 1. The van der Waals surface area contributed by atoms with Gasteiger partial charge in [0.25, 0.3) is 0 Å². The van der Waals surface area contributed by atoms with E-state index < -0.39 is 0 Å². The SMILES string of the molecule is CN=C(N)SC1C(c2cc(Br)ccc2F)[C@@H]1C. The third-order valence-electron chi connectivity index (χ3n) is 3.09. The van der Waals surface area contributed by atoms with Crippen LogP contribution in [0.25, 0.3) is 0 Å². The molecular formula is C12H14BrFN2S. The smallest absolute Gasteiger partial charge is 0.153 e. The summed E-state index contributed by atoms with van der Waals surface area (Å²) < 4.78 is 14.6. The van der Waals surface area contributed by atoms with Crippen LogP contribution in [0.3, 0.4) is 0 Å². The number of rotatable bonds is 2. The maximum Gasteiger partial charge on any atom is 0.153 e. The lowest BCUT2D eigenvalue weighted by Crippen LogP contribution is -2.07. The van der Waals surface area contributed by atoms with E-state index in [1.54, 1.807) is 13.1 Å². The second-order valence-corrected chi connectivity index (χ2v) is 6.31. The Morgan fingerprint density at radius 1 is 1.53 bits per heavy atom. The molecule has 2 nitrogen and oxygen atoms in total. The Hall–Kier alpha value is -0.550. The van der Waals surface area contributed by atoms with Gasteiger partial charge in [0.05, 0.1) is 0 Å². The number of amidine groups is 1. The highest BCUT2D eigenvalue weighted by molar-refractivity contribution is 9.10. The summed E-state index contributed by atoms with van der Waals surface area (Å²) in [5.41, 5.74) is 6.47. The Morgan fingerprint density at radius 3 is 2.88 bits per heavy atom. The third-order valence-corrected chi connectivity index (χ3v) is 5.00. The molecule has 2 unspecified atom stereocenters. The van der Waals surface area contributed by atoms with Gasteiger partial charge in [-0.3, -0.25) is 4.99 Å². The Morgan fingerprint density at radius 2 is 2.24 bits per heavy atom. The van der Waals surface area contributed by atoms with Gasteiger partial charge in [0, 0.05) is 22.7 Å². The van der Waals surface area contributed by atoms with Gasteiger partial charge >= 0.3 is 0 Å². The Kier molecular flexibility index (Phi) is 3.78. The molecule has 1 saturated carbocycles. The molecule has 2 N–H and O–H groups in total. The minimum absolute atomic E-state index is 0.139. The number of hydrogen-bond donors (Lipinski definition) is 1. The normalized spacial score (nSPS) is 28.2. The molecule has 92 valence electrons. The maximum absolute atomic E-state index is 13.7. The summed E-state index contributed by atoms with van der Waals surface area (Å²) in [4.78, 5) is 3.93. The van der Waals surface area contributed by atoms with E-state index in [2.05, 4.69) is 27.8 Å². The fourth-order valence-corrected chi connectivity index (χ4v) is 3.63. The Labute approximate surface area is 113 Å². The van der Waals surface area contributed by atoms with Gasteiger partial charge in [-0.25, -0.2) is 4.39 Å². The van der Waals surface area contributed by atoms with Crippen molar-refractivity contribution in [2.45, 2.75) is 18.1 Å². The molecule has 3 atom stereocenters. The molecule has 1 aliphatic rings. The van der Waals surface area contributed by atoms with Crippen LogP contribution in [0.1, 0.15) is 18.4 Å². The van der Waals surface area contributed by atoms with Crippen molar-refractivity contribution in [1.29, 1.82) is 0 Å². The van der Waals surface area contributed by atoms with E-state index in [0.29, 0.717) is 16.3 Å². The number of hydrogen-bond acceptors (Lipinski definition) is 2. The average Bonchev–Trinajstić information content (AvgIpc) is 2.92. The molecule has 1 fully saturated rings. The fraction of sp³-hybridized carbons (Fsp3) is 0.417. The zero-order valence-electron chi connectivity index (χ0n) is 9.65. The second-order valence-electron chi connectivity index (χ2n) is 4.20. The van der Waals surface area contributed by atoms with Gasteiger partial charge in [0.1, 0.15) is 5.82 Å². The van der Waals surface area contributed by atoms with Crippen LogP contribution < -0.4 is 5.73 Å². The predicted octanol–water partition coefficient (Wildman–Crippen LogP) is 3.37. The fourth-order valence-electron chi connectivity index (χ4n) is 2.03. The number of aliphatic imine (C=N–C) groups is 1. The van der Waals surface area contributed by atoms with Crippen LogP contribution in [-0.2, 0) is 0 Å². The van der Waals surface area contributed by atoms with Crippen molar-refractivity contribution < 1.29 is 4.39 Å². The highest BCUT2D eigenvalue weighted by atomic mass is 79.9. The van der Waals surface area contributed by atoms with Crippen LogP contribution in [0.5, 0.6) is 0 Å². The Bertz CT molecular complexity index is 464. The summed E-state index contributed by atoms with van der Waals surface area (Å²) in [5, 5.41) is 0.905. The van der Waals surface area contributed by atoms with E-state index in [1.165, 1.54) is 17.8 Å². The largest absolute Gasteiger partial charge is 0.379 e. The first kappa shape index (κ1) is 12.9. The van der Waals surface area contributed by atoms with Crippen molar-refractivity contribution in [1.82, 2.24) is 0 Å². The van der Waals surface area contributed by atoms with E-state index in [1.807, 2.05) is 6.07 Å². The summed E-state index contributed by atoms with van der Waals surface area (Å²) in [6.45, 7) is 2.12. The van der Waals surface area contributed by atoms with E-state index in [-0.39, 0.29) is 11.7 Å². The molecule has 0 amide bonds. The molecule has 2 rings (SSSR count). The van der Waals surface area contributed by atoms with Crippen molar-refractivity contribution in [3.8, 4) is 0 Å². The minimum atomic E-state index is -0.139. The van der Waals surface area contributed by atoms with E-state index in [4.69, 9.17) is 5.73 Å². The van der Waals surface area contributed by atoms with Gasteiger partial charge in [0.2, 0.25) is 0 Å². The molecule has 0 aliphatic heterocycles. The molecule has 1 aromatic rings. The molecule has 0 heterocycles. The van der Waals surface area contributed by atoms with Gasteiger partial charge in [-0.1, -0.05) is 34.6 Å². The standard InChI is InChI=1S/C12H14BrFN2S/c1-6-10(11(6)17-12(15)16-2)8-5-7(13)3-4-9(8)14/h3-6,10-11H,1-2H3,(H2,15,16)/t6-,10?,11?/m0/s1. The monoisotopic (exact) mass is 316 g/mol. The molecule has 5 heteroatoms. The summed E-state index contributed by atoms with van der Waals surface area (Å²) in [5.74, 6) is 0.530. The van der Waals surface area contributed by atoms with Crippen LogP contribution in [0.4, 0.5) is 4.39 Å². The molecule has 1 aromatic carbocycles. The predicted molar refractivity (Wildman–Crippen MR) is 74.9 cm³/mol. The number of nitrogens with zero attached hydrogens (tertiary/aromatic N) is 1. The summed E-state index contributed by atoms with van der Waals surface area (Å²) in [6, 6.07) is 5.08. The topological polar surface area (TPSA) is 38.4 Å². The van der Waals surface area contributed by atoms with Crippen molar-refractivity contribution in [3.63, 3.8) is 0 Å². The summed E-state index contributed by atoms with van der Waals surface area (Å²) >= 11 is 4.91. The molecular weight excluding hydrogens is 303 g/mol. The average molecular weight is 317 g/mol. The second kappa shape index (κ2) is 4.98. The van der Waals surface area contributed by atoms with E-state index in [0.717, 1.165) is 10.0 Å². The number of thioether (sulfide) groups is 1. The zero-order chi connectivity index (χ0) is 12.6. The highest BCUT2D eigenvalue weighted by Gasteiger charge is 2.49. The molecule has 0 radical (unpaired) electrons. The molecule has 0 aromatic heterocycles. The lowest BCUT2D eigenvalue weighted by Gasteiger charge is -2.03. The van der Waals surface area contributed by atoms with Crippen molar-refractivity contribution in [3.05, 3.63) is 34.1 Å². The highest BCUT2D eigenvalue weighted by Crippen LogP contribution is 2.55. The van der Waals surface area contributed by atoms with Crippen molar-refractivity contribution in [2.24, 2.45) is 16.6 Å². The van der Waals surface area contributed by atoms with Crippen LogP contribution >= 0.6 is 27.7 Å². The molecule has 0 bridgehead atoms. The van der Waals surface area contributed by atoms with Crippen LogP contribution in [0, 0.1) is 11.7 Å². The number of nitrogens with two attached hydrogens (primary N) is 1. The summed E-state index contributed by atoms with van der Waals surface area (Å²) in [6.07, 6.45) is 0. The van der Waals surface area contributed by atoms with Gasteiger partial charge < -0.3 is 5.73 Å². The minimum Gasteiger partial charge on any atom is -0.379 e. The van der Waals surface area contributed by atoms with Gasteiger partial charge in [-0.15, -0.1) is 0 Å². The molecule has 0 saturated heterocycles. The first-order valence-electron chi connectivity index (χ1n) is 5.38. The van der Waals surface area contributed by atoms with Crippen LogP contribution in [0.15, 0.2) is 27.7 Å². The van der Waals surface area contributed by atoms with Crippen LogP contribution in [-0.4, -0.2) is 17.5 Å². The lowest BCUT2D eigenvalue weighted by atomic mass is 10.1. The quantitative estimate of drug-likeness (QED) is 0.671. The van der Waals surface area contributed by atoms with Gasteiger partial charge in [-0.2, -0.15) is 0 Å². The lowest BCUT2D eigenvalue weighted by molar-refractivity contribution is 0.607. The Balaban J connectivity index is 2.17. The van der Waals surface area contributed by atoms with E-state index >= 15 is 0 Å². The van der Waals surface area contributed by atoms with E-state index in [9.17, 15) is 4.39 Å². The summed E-state index contributed by atoms with van der Waals surface area (Å²) in [7, 11) is 1.67. The van der Waals surface area contributed by atoms with Crippen molar-refractivity contribution in [2.75, 3.05) is 7.05 Å². The molecule has 0 spiro atoms. The van der Waals surface area contributed by atoms with Gasteiger partial charge in [-0.05, 0) is 29.7 Å². The zero-order valence-corrected chi connectivity index (χ0v) is 12.1. The van der Waals surface area contributed by atoms with Crippen molar-refractivity contribution >= 4 is 32.9 Å². The first-order valence-corrected chi connectivity index (χ1v) is 7.05. The maximum atomic E-state index is 13.7. The van der Waals surface area contributed by atoms with Crippen LogP contribution in [0.2, 0.25) is 0 Å².